The van der Waals surface area contributed by atoms with Gasteiger partial charge in [-0.3, -0.25) is 4.98 Å². The Bertz CT molecular complexity index is 1060. The number of nitriles is 1. The van der Waals surface area contributed by atoms with Crippen LogP contribution in [0.3, 0.4) is 0 Å². The first-order valence-corrected chi connectivity index (χ1v) is 12.0. The summed E-state index contributed by atoms with van der Waals surface area (Å²) in [6.45, 7) is 1.43. The van der Waals surface area contributed by atoms with Crippen molar-refractivity contribution in [2.45, 2.75) is 6.92 Å². The summed E-state index contributed by atoms with van der Waals surface area (Å²) in [5.41, 5.74) is 0. The molecule has 0 aliphatic rings. The van der Waals surface area contributed by atoms with Gasteiger partial charge >= 0.3 is 0 Å². The fourth-order valence-corrected chi connectivity index (χ4v) is 3.41. The van der Waals surface area contributed by atoms with Crippen molar-refractivity contribution < 1.29 is 28.5 Å². The highest BCUT2D eigenvalue weighted by atomic mass is 127. The van der Waals surface area contributed by atoms with Gasteiger partial charge in [-0.2, -0.15) is 5.26 Å². The fourth-order valence-electron chi connectivity index (χ4n) is 2.38. The summed E-state index contributed by atoms with van der Waals surface area (Å²) < 4.78 is 4.33. The molecule has 0 saturated carbocycles. The van der Waals surface area contributed by atoms with Gasteiger partial charge < -0.3 is 24.0 Å². The Morgan fingerprint density at radius 3 is 2.00 bits per heavy atom. The standard InChI is InChI=1S/C10H9BrN.C9H6BrN.C2H3N.CH3I.HI/c1-12-6-5-9-8(7-12)3-2-4-10(9)11;10-9-3-1-2-7-6-11-5-4-8(7)9;1-2-3;1-2;/h2-7H,1H3;1-6H;1H3;1H3;1H/q+1;;;;/p-1. The maximum absolute atomic E-state index is 7.32. The molecule has 0 amide bonds. The molecular formula is C22H21Br2I2N3. The lowest BCUT2D eigenvalue weighted by atomic mass is 10.2. The number of hydrogen-bond donors (Lipinski definition) is 0. The molecule has 4 rings (SSSR count). The molecule has 7 heteroatoms. The minimum Gasteiger partial charge on any atom is -1.00 e. The fraction of sp³-hybridized carbons (Fsp3) is 0.136. The van der Waals surface area contributed by atoms with Crippen LogP contribution in [0, 0.1) is 11.3 Å². The van der Waals surface area contributed by atoms with E-state index in [1.807, 2.05) is 54.7 Å². The molecule has 0 N–H and O–H groups in total. The maximum Gasteiger partial charge on any atom is 0.176 e. The van der Waals surface area contributed by atoms with Crippen molar-refractivity contribution >= 4 is 76.0 Å². The zero-order chi connectivity index (χ0) is 20.9. The summed E-state index contributed by atoms with van der Waals surface area (Å²) in [5.74, 6) is 0. The van der Waals surface area contributed by atoms with Gasteiger partial charge in [0.1, 0.15) is 7.05 Å². The second kappa shape index (κ2) is 15.9. The summed E-state index contributed by atoms with van der Waals surface area (Å²) >= 11 is 9.13. The molecule has 0 bridgehead atoms. The first-order chi connectivity index (χ1) is 13.6. The smallest absolute Gasteiger partial charge is 0.176 e. The maximum atomic E-state index is 7.32. The molecule has 0 aliphatic carbocycles. The van der Waals surface area contributed by atoms with E-state index in [0.717, 1.165) is 8.95 Å². The second-order valence-corrected chi connectivity index (χ2v) is 7.12. The number of aryl methyl sites for hydroxylation is 1. The summed E-state index contributed by atoms with van der Waals surface area (Å²) in [6.07, 6.45) is 7.82. The van der Waals surface area contributed by atoms with E-state index in [2.05, 4.69) is 88.4 Å². The first kappa shape index (κ1) is 28.2. The Hall–Kier alpha value is -0.830. The van der Waals surface area contributed by atoms with Crippen molar-refractivity contribution in [1.82, 2.24) is 4.98 Å². The van der Waals surface area contributed by atoms with Crippen LogP contribution in [-0.2, 0) is 7.05 Å². The van der Waals surface area contributed by atoms with E-state index in [0.29, 0.717) is 0 Å². The van der Waals surface area contributed by atoms with Crippen LogP contribution in [0.5, 0.6) is 0 Å². The quantitative estimate of drug-likeness (QED) is 0.156. The molecule has 2 aromatic carbocycles. The number of pyridine rings is 2. The molecule has 0 aliphatic heterocycles. The molecule has 2 aromatic heterocycles. The van der Waals surface area contributed by atoms with E-state index in [1.165, 1.54) is 28.5 Å². The molecule has 0 spiro atoms. The van der Waals surface area contributed by atoms with Gasteiger partial charge in [-0.25, -0.2) is 4.57 Å². The average molecular weight is 741 g/mol. The van der Waals surface area contributed by atoms with Gasteiger partial charge in [-0.15, -0.1) is 0 Å². The summed E-state index contributed by atoms with van der Waals surface area (Å²) in [5, 5.41) is 12.2. The molecule has 0 radical (unpaired) electrons. The Morgan fingerprint density at radius 1 is 0.931 bits per heavy atom. The van der Waals surface area contributed by atoms with Crippen molar-refractivity contribution in [2.75, 3.05) is 4.93 Å². The van der Waals surface area contributed by atoms with Crippen molar-refractivity contribution in [1.29, 1.82) is 5.26 Å². The van der Waals surface area contributed by atoms with Crippen LogP contribution in [0.25, 0.3) is 21.5 Å². The molecule has 0 unspecified atom stereocenters. The van der Waals surface area contributed by atoms with Gasteiger partial charge in [0.15, 0.2) is 12.4 Å². The SMILES string of the molecule is Brc1cccc2cnccc12.CC#N.CI.C[n+]1ccc2c(Br)cccc2c1.[I-]. The third-order valence-corrected chi connectivity index (χ3v) is 4.92. The van der Waals surface area contributed by atoms with E-state index in [9.17, 15) is 0 Å². The van der Waals surface area contributed by atoms with Gasteiger partial charge in [-0.1, -0.05) is 72.6 Å². The molecule has 29 heavy (non-hydrogen) atoms. The zero-order valence-corrected chi connectivity index (χ0v) is 23.8. The van der Waals surface area contributed by atoms with Gasteiger partial charge in [0.05, 0.1) is 6.07 Å². The number of benzene rings is 2. The molecule has 3 nitrogen and oxygen atoms in total. The van der Waals surface area contributed by atoms with Crippen LogP contribution in [0.2, 0.25) is 0 Å². The molecule has 0 fully saturated rings. The van der Waals surface area contributed by atoms with E-state index in [4.69, 9.17) is 5.26 Å². The van der Waals surface area contributed by atoms with Gasteiger partial charge in [0.2, 0.25) is 0 Å². The monoisotopic (exact) mass is 739 g/mol. The van der Waals surface area contributed by atoms with E-state index >= 15 is 0 Å². The second-order valence-electron chi connectivity index (χ2n) is 5.41. The number of nitrogens with zero attached hydrogens (tertiary/aromatic N) is 3. The summed E-state index contributed by atoms with van der Waals surface area (Å²) in [7, 11) is 2.03. The number of halogens is 4. The third kappa shape index (κ3) is 9.24. The molecular weight excluding hydrogens is 720 g/mol. The lowest BCUT2D eigenvalue weighted by Gasteiger charge is -1.96. The number of rotatable bonds is 0. The highest BCUT2D eigenvalue weighted by molar-refractivity contribution is 14.1. The minimum absolute atomic E-state index is 0. The lowest BCUT2D eigenvalue weighted by molar-refractivity contribution is -0.670. The summed E-state index contributed by atoms with van der Waals surface area (Å²) in [6, 6.07) is 18.2. The molecule has 0 atom stereocenters. The van der Waals surface area contributed by atoms with Crippen LogP contribution in [0.4, 0.5) is 0 Å². The Kier molecular flexibility index (Phi) is 15.5. The Morgan fingerprint density at radius 2 is 1.45 bits per heavy atom. The van der Waals surface area contributed by atoms with Crippen molar-refractivity contribution in [2.24, 2.45) is 7.05 Å². The van der Waals surface area contributed by atoms with Crippen molar-refractivity contribution in [3.8, 4) is 6.07 Å². The molecule has 152 valence electrons. The van der Waals surface area contributed by atoms with Crippen molar-refractivity contribution in [3.63, 3.8) is 0 Å². The topological polar surface area (TPSA) is 40.6 Å². The van der Waals surface area contributed by atoms with E-state index in [-0.39, 0.29) is 24.0 Å². The van der Waals surface area contributed by atoms with Crippen LogP contribution in [0.15, 0.2) is 82.3 Å². The van der Waals surface area contributed by atoms with Crippen LogP contribution >= 0.6 is 54.5 Å². The first-order valence-electron chi connectivity index (χ1n) is 8.27. The van der Waals surface area contributed by atoms with Crippen LogP contribution in [0.1, 0.15) is 6.92 Å². The normalized spacial score (nSPS) is 8.72. The third-order valence-electron chi connectivity index (χ3n) is 3.53. The largest absolute Gasteiger partial charge is 1.00 e. The predicted molar refractivity (Wildman–Crippen MR) is 133 cm³/mol. The van der Waals surface area contributed by atoms with Gasteiger partial charge in [0.25, 0.3) is 0 Å². The number of aromatic nitrogens is 2. The van der Waals surface area contributed by atoms with Crippen LogP contribution in [-0.4, -0.2) is 9.91 Å². The zero-order valence-electron chi connectivity index (χ0n) is 16.3. The molecule has 2 heterocycles. The summed E-state index contributed by atoms with van der Waals surface area (Å²) in [4.78, 5) is 6.00. The number of fused-ring (bicyclic) bond motifs is 2. The van der Waals surface area contributed by atoms with Gasteiger partial charge in [0, 0.05) is 50.5 Å². The Balaban J connectivity index is 0.000000433. The predicted octanol–water partition coefficient (Wildman–Crippen LogP) is 4.01. The molecule has 4 aromatic rings. The van der Waals surface area contributed by atoms with Crippen LogP contribution < -0.4 is 28.5 Å². The highest BCUT2D eigenvalue weighted by Crippen LogP contribution is 2.22. The van der Waals surface area contributed by atoms with Gasteiger partial charge in [-0.05, 0) is 34.6 Å². The average Bonchev–Trinajstić information content (AvgIpc) is 2.71. The number of alkyl halides is 1. The van der Waals surface area contributed by atoms with Crippen molar-refractivity contribution in [3.05, 3.63) is 82.3 Å². The minimum atomic E-state index is 0. The van der Waals surface area contributed by atoms with E-state index in [1.54, 1.807) is 12.3 Å². The van der Waals surface area contributed by atoms with E-state index < -0.39 is 0 Å². The molecule has 0 saturated heterocycles. The Labute approximate surface area is 220 Å². The number of hydrogen-bond acceptors (Lipinski definition) is 2. The lowest BCUT2D eigenvalue weighted by Crippen LogP contribution is -3.00. The highest BCUT2D eigenvalue weighted by Gasteiger charge is 2.00.